The number of urea groups is 1. The Morgan fingerprint density at radius 3 is 2.35 bits per heavy atom. The van der Waals surface area contributed by atoms with E-state index in [0.717, 1.165) is 25.9 Å². The number of nitriles is 1. The van der Waals surface area contributed by atoms with Crippen molar-refractivity contribution >= 4 is 29.7 Å². The van der Waals surface area contributed by atoms with Gasteiger partial charge in [0.1, 0.15) is 6.04 Å². The molecule has 0 aliphatic carbocycles. The molecule has 3 N–H and O–H groups in total. The number of piperidine rings is 1. The lowest BCUT2D eigenvalue weighted by atomic mass is 10.1. The molecule has 1 atom stereocenters. The Morgan fingerprint density at radius 2 is 1.87 bits per heavy atom. The van der Waals surface area contributed by atoms with Crippen LogP contribution in [0.5, 0.6) is 0 Å². The first-order chi connectivity index (χ1) is 14.5. The van der Waals surface area contributed by atoms with Gasteiger partial charge in [0.2, 0.25) is 5.91 Å². The molecule has 0 aromatic rings. The van der Waals surface area contributed by atoms with Gasteiger partial charge in [-0.25, -0.2) is 15.0 Å². The zero-order chi connectivity index (χ0) is 23.6. The lowest BCUT2D eigenvalue weighted by Gasteiger charge is -2.34. The van der Waals surface area contributed by atoms with E-state index in [1.807, 2.05) is 18.9 Å². The monoisotopic (exact) mass is 468 g/mol. The summed E-state index contributed by atoms with van der Waals surface area (Å²) >= 11 is 1.60. The van der Waals surface area contributed by atoms with Crippen molar-refractivity contribution in [2.45, 2.75) is 38.0 Å². The predicted molar refractivity (Wildman–Crippen MR) is 107 cm³/mol. The largest absolute Gasteiger partial charge is 0.490 e. The van der Waals surface area contributed by atoms with Crippen molar-refractivity contribution < 1.29 is 32.7 Å². The summed E-state index contributed by atoms with van der Waals surface area (Å²) in [6.45, 7) is 4.28. The molecule has 2 aliphatic rings. The number of hydrogen-bond donors (Lipinski definition) is 3. The highest BCUT2D eigenvalue weighted by molar-refractivity contribution is 7.99. The van der Waals surface area contributed by atoms with Gasteiger partial charge in [-0.15, -0.1) is 11.8 Å². The third kappa shape index (κ3) is 8.80. The van der Waals surface area contributed by atoms with E-state index in [1.54, 1.807) is 21.6 Å². The number of aliphatic carboxylic acids is 1. The Labute approximate surface area is 182 Å². The molecule has 31 heavy (non-hydrogen) atoms. The van der Waals surface area contributed by atoms with Crippen LogP contribution in [0.3, 0.4) is 0 Å². The molecular formula is C17H27F3N6O4S. The maximum atomic E-state index is 12.1. The topological polar surface area (TPSA) is 129 Å². The fourth-order valence-electron chi connectivity index (χ4n) is 2.76. The summed E-state index contributed by atoms with van der Waals surface area (Å²) in [4.78, 5) is 38.3. The number of rotatable bonds is 5. The van der Waals surface area contributed by atoms with Crippen LogP contribution in [0, 0.1) is 11.3 Å². The Kier molecular flexibility index (Phi) is 10.9. The first-order valence-electron chi connectivity index (χ1n) is 9.56. The minimum absolute atomic E-state index is 0.0590. The lowest BCUT2D eigenvalue weighted by Crippen LogP contribution is -2.53. The van der Waals surface area contributed by atoms with Gasteiger partial charge in [-0.2, -0.15) is 18.4 Å². The molecule has 0 bridgehead atoms. The summed E-state index contributed by atoms with van der Waals surface area (Å²) < 4.78 is 31.7. The van der Waals surface area contributed by atoms with Crippen LogP contribution in [0.4, 0.5) is 18.0 Å². The maximum absolute atomic E-state index is 12.1. The molecule has 10 nitrogen and oxygen atoms in total. The lowest BCUT2D eigenvalue weighted by molar-refractivity contribution is -0.192. The number of hydrogen-bond acceptors (Lipinski definition) is 7. The number of amides is 3. The standard InChI is InChI=1S/C15H26N6O2S.C2HF3O2/c1-3-19(2)15(23)20-6-4-12(5-7-20)18-17-9-14(22)21-11-24-10-13(21)8-16;3-2(4,5)1(6)7/h12-13,17-18H,3-7,9-11H2,1-2H3;(H,6,7). The Balaban J connectivity index is 0.000000592. The molecule has 2 aliphatic heterocycles. The van der Waals surface area contributed by atoms with E-state index in [9.17, 15) is 22.8 Å². The highest BCUT2D eigenvalue weighted by Crippen LogP contribution is 2.20. The molecule has 0 radical (unpaired) electrons. The minimum Gasteiger partial charge on any atom is -0.475 e. The van der Waals surface area contributed by atoms with Gasteiger partial charge in [-0.05, 0) is 19.8 Å². The van der Waals surface area contributed by atoms with E-state index in [1.165, 1.54) is 0 Å². The van der Waals surface area contributed by atoms with Crippen LogP contribution >= 0.6 is 11.8 Å². The van der Waals surface area contributed by atoms with Gasteiger partial charge in [0.25, 0.3) is 0 Å². The number of halogens is 3. The van der Waals surface area contributed by atoms with Gasteiger partial charge in [-0.3, -0.25) is 10.2 Å². The molecule has 2 heterocycles. The Morgan fingerprint density at radius 1 is 1.29 bits per heavy atom. The number of carboxylic acids is 1. The van der Waals surface area contributed by atoms with E-state index >= 15 is 0 Å². The number of likely N-dealkylation sites (tertiary alicyclic amines) is 1. The molecule has 3 amide bonds. The summed E-state index contributed by atoms with van der Waals surface area (Å²) in [5.41, 5.74) is 6.15. The van der Waals surface area contributed by atoms with Crippen molar-refractivity contribution in [3.8, 4) is 6.07 Å². The van der Waals surface area contributed by atoms with Crippen LogP contribution in [0.15, 0.2) is 0 Å². The second-order valence-corrected chi connectivity index (χ2v) is 7.87. The average molecular weight is 469 g/mol. The Hall–Kier alpha value is -2.24. The molecule has 2 saturated heterocycles. The molecule has 0 saturated carbocycles. The highest BCUT2D eigenvalue weighted by atomic mass is 32.2. The van der Waals surface area contributed by atoms with Gasteiger partial charge in [-0.1, -0.05) is 0 Å². The molecule has 1 unspecified atom stereocenters. The number of carboxylic acid groups (broad SMARTS) is 1. The van der Waals surface area contributed by atoms with Crippen molar-refractivity contribution in [3.05, 3.63) is 0 Å². The van der Waals surface area contributed by atoms with Crippen LogP contribution in [-0.4, -0.2) is 101 Å². The third-order valence-corrected chi connectivity index (χ3v) is 5.72. The summed E-state index contributed by atoms with van der Waals surface area (Å²) in [7, 11) is 1.81. The zero-order valence-electron chi connectivity index (χ0n) is 17.3. The quantitative estimate of drug-likeness (QED) is 0.503. The van der Waals surface area contributed by atoms with E-state index < -0.39 is 12.1 Å². The predicted octanol–water partition coefficient (Wildman–Crippen LogP) is 0.675. The first-order valence-corrected chi connectivity index (χ1v) is 10.7. The van der Waals surface area contributed by atoms with Crippen molar-refractivity contribution in [2.24, 2.45) is 0 Å². The molecule has 14 heteroatoms. The first kappa shape index (κ1) is 26.8. The summed E-state index contributed by atoms with van der Waals surface area (Å²) in [5.74, 6) is -1.54. The summed E-state index contributed by atoms with van der Waals surface area (Å²) in [6.07, 6.45) is -3.38. The van der Waals surface area contributed by atoms with Crippen LogP contribution in [0.1, 0.15) is 19.8 Å². The van der Waals surface area contributed by atoms with Crippen molar-refractivity contribution in [2.75, 3.05) is 44.9 Å². The van der Waals surface area contributed by atoms with E-state index in [4.69, 9.17) is 15.2 Å². The number of carbonyl (C=O) groups excluding carboxylic acids is 2. The van der Waals surface area contributed by atoms with Crippen molar-refractivity contribution in [3.63, 3.8) is 0 Å². The molecule has 2 rings (SSSR count). The normalized spacial score (nSPS) is 19.3. The van der Waals surface area contributed by atoms with Gasteiger partial charge in [0, 0.05) is 38.5 Å². The van der Waals surface area contributed by atoms with Gasteiger partial charge in [0.15, 0.2) is 0 Å². The van der Waals surface area contributed by atoms with E-state index in [0.29, 0.717) is 18.2 Å². The van der Waals surface area contributed by atoms with Crippen LogP contribution in [0.25, 0.3) is 0 Å². The SMILES string of the molecule is CCN(C)C(=O)N1CCC(NNCC(=O)N2CSCC2C#N)CC1.O=C(O)C(F)(F)F. The summed E-state index contributed by atoms with van der Waals surface area (Å²) in [5, 5.41) is 16.1. The average Bonchev–Trinajstić information content (AvgIpc) is 3.22. The molecule has 176 valence electrons. The molecule has 0 aromatic carbocycles. The van der Waals surface area contributed by atoms with Gasteiger partial charge in [0.05, 0.1) is 18.5 Å². The second kappa shape index (κ2) is 12.6. The number of carbonyl (C=O) groups is 3. The van der Waals surface area contributed by atoms with Crippen molar-refractivity contribution in [1.82, 2.24) is 25.6 Å². The fourth-order valence-corrected chi connectivity index (χ4v) is 3.86. The zero-order valence-corrected chi connectivity index (χ0v) is 18.1. The van der Waals surface area contributed by atoms with Crippen LogP contribution < -0.4 is 10.9 Å². The number of alkyl halides is 3. The number of nitrogens with one attached hydrogen (secondary N) is 2. The van der Waals surface area contributed by atoms with E-state index in [-0.39, 0.29) is 30.6 Å². The van der Waals surface area contributed by atoms with E-state index in [2.05, 4.69) is 16.9 Å². The second-order valence-electron chi connectivity index (χ2n) is 6.87. The Bertz CT molecular complexity index is 667. The third-order valence-electron chi connectivity index (χ3n) is 4.71. The van der Waals surface area contributed by atoms with Crippen LogP contribution in [-0.2, 0) is 9.59 Å². The fraction of sp³-hybridized carbons (Fsp3) is 0.765. The number of thioether (sulfide) groups is 1. The maximum Gasteiger partial charge on any atom is 0.490 e. The number of nitrogens with zero attached hydrogens (tertiary/aromatic N) is 4. The molecule has 2 fully saturated rings. The molecule has 0 aromatic heterocycles. The summed E-state index contributed by atoms with van der Waals surface area (Å²) in [6, 6.07) is 2.17. The van der Waals surface area contributed by atoms with Gasteiger partial charge < -0.3 is 19.8 Å². The van der Waals surface area contributed by atoms with Crippen molar-refractivity contribution in [1.29, 1.82) is 5.26 Å². The van der Waals surface area contributed by atoms with Crippen LogP contribution in [0.2, 0.25) is 0 Å². The number of hydrazine groups is 1. The highest BCUT2D eigenvalue weighted by Gasteiger charge is 2.38. The molecular weight excluding hydrogens is 441 g/mol. The van der Waals surface area contributed by atoms with Gasteiger partial charge >= 0.3 is 18.2 Å². The molecule has 0 spiro atoms. The minimum atomic E-state index is -5.08. The smallest absolute Gasteiger partial charge is 0.475 e.